The average Bonchev–Trinajstić information content (AvgIpc) is 3.07. The van der Waals surface area contributed by atoms with E-state index in [9.17, 15) is 14.4 Å². The van der Waals surface area contributed by atoms with Crippen molar-refractivity contribution in [3.05, 3.63) is 103 Å². The van der Waals surface area contributed by atoms with Gasteiger partial charge in [-0.1, -0.05) is 37.4 Å². The van der Waals surface area contributed by atoms with Crippen LogP contribution in [0, 0.1) is 0 Å². The Balaban J connectivity index is 1.34. The highest BCUT2D eigenvalue weighted by molar-refractivity contribution is 5.91. The normalized spacial score (nSPS) is 10.4. The van der Waals surface area contributed by atoms with Crippen molar-refractivity contribution in [2.75, 3.05) is 33.0 Å². The molecule has 0 saturated heterocycles. The second-order valence-electron chi connectivity index (χ2n) is 10.1. The summed E-state index contributed by atoms with van der Waals surface area (Å²) in [6.07, 6.45) is 6.10. The van der Waals surface area contributed by atoms with Crippen LogP contribution < -0.4 is 14.2 Å². The fraction of sp³-hybridized carbons (Fsp3) is 0.306. The molecule has 0 amide bonds. The van der Waals surface area contributed by atoms with Gasteiger partial charge in [0.05, 0.1) is 44.2 Å². The van der Waals surface area contributed by atoms with E-state index in [1.165, 1.54) is 0 Å². The topological polar surface area (TPSA) is 118 Å². The highest BCUT2D eigenvalue weighted by atomic mass is 16.5. The molecule has 45 heavy (non-hydrogen) atoms. The van der Waals surface area contributed by atoms with Crippen LogP contribution >= 0.6 is 0 Å². The predicted molar refractivity (Wildman–Crippen MR) is 170 cm³/mol. The molecule has 0 aliphatic heterocycles. The molecule has 0 radical (unpaired) electrons. The van der Waals surface area contributed by atoms with Crippen molar-refractivity contribution in [3.63, 3.8) is 0 Å². The zero-order valence-corrected chi connectivity index (χ0v) is 25.4. The summed E-state index contributed by atoms with van der Waals surface area (Å²) >= 11 is 0. The molecule has 0 bridgehead atoms. The summed E-state index contributed by atoms with van der Waals surface area (Å²) in [5, 5.41) is 8.86. The van der Waals surface area contributed by atoms with Gasteiger partial charge in [0.2, 0.25) is 0 Å². The van der Waals surface area contributed by atoms with Gasteiger partial charge in [0.1, 0.15) is 17.2 Å². The number of rotatable bonds is 20. The van der Waals surface area contributed by atoms with Crippen molar-refractivity contribution in [3.8, 4) is 28.4 Å². The summed E-state index contributed by atoms with van der Waals surface area (Å²) in [7, 11) is 0. The number of ether oxygens (including phenoxy) is 5. The Bertz CT molecular complexity index is 1380. The molecule has 0 aromatic heterocycles. The quantitative estimate of drug-likeness (QED) is 0.0658. The van der Waals surface area contributed by atoms with Gasteiger partial charge in [-0.15, -0.1) is 0 Å². The summed E-state index contributed by atoms with van der Waals surface area (Å²) < 4.78 is 27.0. The van der Waals surface area contributed by atoms with Crippen LogP contribution in [0.1, 0.15) is 48.9 Å². The van der Waals surface area contributed by atoms with Crippen molar-refractivity contribution in [1.29, 1.82) is 0 Å². The van der Waals surface area contributed by atoms with Crippen LogP contribution in [0.25, 0.3) is 11.1 Å². The Kier molecular flexibility index (Phi) is 14.9. The van der Waals surface area contributed by atoms with Gasteiger partial charge in [0.15, 0.2) is 0 Å². The zero-order valence-electron chi connectivity index (χ0n) is 25.4. The van der Waals surface area contributed by atoms with E-state index in [1.807, 2.05) is 36.4 Å². The predicted octanol–water partition coefficient (Wildman–Crippen LogP) is 6.49. The van der Waals surface area contributed by atoms with Gasteiger partial charge < -0.3 is 28.8 Å². The van der Waals surface area contributed by atoms with Gasteiger partial charge in [-0.05, 0) is 98.2 Å². The molecule has 1 N–H and O–H groups in total. The molecule has 0 aliphatic rings. The Morgan fingerprint density at radius 3 is 1.67 bits per heavy atom. The average molecular weight is 617 g/mol. The molecule has 0 heterocycles. The molecule has 0 fully saturated rings. The highest BCUT2D eigenvalue weighted by Gasteiger charge is 2.10. The van der Waals surface area contributed by atoms with Gasteiger partial charge in [-0.2, -0.15) is 0 Å². The smallest absolute Gasteiger partial charge is 0.343 e. The van der Waals surface area contributed by atoms with Crippen LogP contribution in [0.4, 0.5) is 0 Å². The molecule has 0 aliphatic carbocycles. The van der Waals surface area contributed by atoms with Gasteiger partial charge in [-0.25, -0.2) is 14.4 Å². The molecule has 9 heteroatoms. The van der Waals surface area contributed by atoms with E-state index in [1.54, 1.807) is 36.4 Å². The molecule has 0 unspecified atom stereocenters. The summed E-state index contributed by atoms with van der Waals surface area (Å²) in [6.45, 7) is 8.06. The van der Waals surface area contributed by atoms with Crippen LogP contribution in [0.2, 0.25) is 0 Å². The monoisotopic (exact) mass is 616 g/mol. The lowest BCUT2D eigenvalue weighted by atomic mass is 10.0. The lowest BCUT2D eigenvalue weighted by Crippen LogP contribution is -2.11. The summed E-state index contributed by atoms with van der Waals surface area (Å²) in [6, 6.07) is 21.8. The lowest BCUT2D eigenvalue weighted by Gasteiger charge is -2.09. The molecule has 3 aromatic rings. The second kappa shape index (κ2) is 19.4. The van der Waals surface area contributed by atoms with Gasteiger partial charge in [0, 0.05) is 6.08 Å². The minimum Gasteiger partial charge on any atom is -0.494 e. The molecule has 0 saturated carbocycles. The summed E-state index contributed by atoms with van der Waals surface area (Å²) in [4.78, 5) is 35.1. The van der Waals surface area contributed by atoms with E-state index in [4.69, 9.17) is 28.8 Å². The minimum absolute atomic E-state index is 0.0390. The Labute approximate surface area is 264 Å². The zero-order chi connectivity index (χ0) is 32.3. The Hall–Kier alpha value is -4.89. The molecule has 0 spiro atoms. The number of hydrogen-bond acceptors (Lipinski definition) is 9. The number of aliphatic hydroxyl groups excluding tert-OH is 1. The van der Waals surface area contributed by atoms with E-state index in [0.717, 1.165) is 48.6 Å². The molecular weight excluding hydrogens is 576 g/mol. The Morgan fingerprint density at radius 2 is 1.09 bits per heavy atom. The number of hydrogen-bond donors (Lipinski definition) is 1. The van der Waals surface area contributed by atoms with Crippen molar-refractivity contribution in [2.24, 2.45) is 0 Å². The van der Waals surface area contributed by atoms with Crippen LogP contribution in [-0.2, 0) is 19.1 Å². The van der Waals surface area contributed by atoms with E-state index in [-0.39, 0.29) is 12.2 Å². The van der Waals surface area contributed by atoms with E-state index in [0.29, 0.717) is 49.7 Å². The molecule has 3 aromatic carbocycles. The number of carbonyl (C=O) groups is 3. The molecule has 9 nitrogen and oxygen atoms in total. The standard InChI is InChI=1S/C36H40O9/c1-3-34(38)43-24-7-5-4-6-22-41-32-18-20-33(21-19-32)45-36(40)30-12-10-28(11-13-30)29-14-16-31(17-15-29)42-23-8-9-25-44-35(39)27(2)26-37/h3,10-21,37H,1-2,4-9,22-26H2. The molecule has 3 rings (SSSR count). The van der Waals surface area contributed by atoms with Crippen molar-refractivity contribution in [2.45, 2.75) is 38.5 Å². The third kappa shape index (κ3) is 12.7. The first-order chi connectivity index (χ1) is 21.9. The maximum absolute atomic E-state index is 12.7. The van der Waals surface area contributed by atoms with Crippen molar-refractivity contribution in [1.82, 2.24) is 0 Å². The minimum atomic E-state index is -0.585. The first-order valence-corrected chi connectivity index (χ1v) is 14.9. The third-order valence-electron chi connectivity index (χ3n) is 6.58. The molecular formula is C36H40O9. The second-order valence-corrected chi connectivity index (χ2v) is 10.1. The summed E-state index contributed by atoms with van der Waals surface area (Å²) in [5.74, 6) is 0.411. The Morgan fingerprint density at radius 1 is 0.622 bits per heavy atom. The van der Waals surface area contributed by atoms with E-state index >= 15 is 0 Å². The fourth-order valence-electron chi connectivity index (χ4n) is 4.02. The maximum Gasteiger partial charge on any atom is 0.343 e. The lowest BCUT2D eigenvalue weighted by molar-refractivity contribution is -0.140. The largest absolute Gasteiger partial charge is 0.494 e. The molecule has 0 atom stereocenters. The number of benzene rings is 3. The fourth-order valence-corrected chi connectivity index (χ4v) is 4.02. The van der Waals surface area contributed by atoms with Crippen molar-refractivity contribution >= 4 is 17.9 Å². The van der Waals surface area contributed by atoms with E-state index < -0.39 is 24.5 Å². The number of carbonyl (C=O) groups excluding carboxylic acids is 3. The van der Waals surface area contributed by atoms with E-state index in [2.05, 4.69) is 13.2 Å². The SMILES string of the molecule is C=CC(=O)OCCCCCCOc1ccc(OC(=O)c2ccc(-c3ccc(OCCCCOC(=O)C(=C)CO)cc3)cc2)cc1. The molecule has 238 valence electrons. The highest BCUT2D eigenvalue weighted by Crippen LogP contribution is 2.24. The maximum atomic E-state index is 12.7. The van der Waals surface area contributed by atoms with Crippen LogP contribution in [0.3, 0.4) is 0 Å². The van der Waals surface area contributed by atoms with Gasteiger partial charge in [0.25, 0.3) is 0 Å². The third-order valence-corrected chi connectivity index (χ3v) is 6.58. The van der Waals surface area contributed by atoms with Crippen LogP contribution in [0.15, 0.2) is 97.6 Å². The van der Waals surface area contributed by atoms with Gasteiger partial charge >= 0.3 is 17.9 Å². The summed E-state index contributed by atoms with van der Waals surface area (Å²) in [5.41, 5.74) is 2.40. The first-order valence-electron chi connectivity index (χ1n) is 14.9. The van der Waals surface area contributed by atoms with Gasteiger partial charge in [-0.3, -0.25) is 0 Å². The number of aliphatic hydroxyl groups is 1. The van der Waals surface area contributed by atoms with Crippen LogP contribution in [-0.4, -0.2) is 56.0 Å². The first kappa shape index (κ1) is 34.6. The van der Waals surface area contributed by atoms with Crippen LogP contribution in [0.5, 0.6) is 17.2 Å². The number of esters is 3. The number of unbranched alkanes of at least 4 members (excludes halogenated alkanes) is 4. The van der Waals surface area contributed by atoms with Crippen molar-refractivity contribution < 1.29 is 43.2 Å².